The molecule has 4 nitrogen and oxygen atoms in total. The van der Waals surface area contributed by atoms with Gasteiger partial charge in [0.05, 0.1) is 18.8 Å². The Kier molecular flexibility index (Phi) is 3.50. The maximum Gasteiger partial charge on any atom is 0.161 e. The quantitative estimate of drug-likeness (QED) is 0.700. The molecule has 1 aliphatic heterocycles. The average Bonchev–Trinajstić information content (AvgIpc) is 2.82. The largest absolute Gasteiger partial charge is 0.490 e. The summed E-state index contributed by atoms with van der Waals surface area (Å²) in [7, 11) is 0. The Bertz CT molecular complexity index is 824. The monoisotopic (exact) mass is 307 g/mol. The summed E-state index contributed by atoms with van der Waals surface area (Å²) in [6.07, 6.45) is 0.894. The second-order valence-electron chi connectivity index (χ2n) is 5.54. The number of rotatable bonds is 2. The minimum atomic E-state index is 0.671. The average molecular weight is 307 g/mol. The van der Waals surface area contributed by atoms with Crippen LogP contribution in [0.4, 0.5) is 0 Å². The third kappa shape index (κ3) is 2.57. The molecule has 2 aromatic carbocycles. The summed E-state index contributed by atoms with van der Waals surface area (Å²) in [5, 5.41) is 4.25. The SMILES string of the molecule is Cc1onc(-c2ccccc2)c1-c1ccc2c(c1)OCCCO2. The lowest BCUT2D eigenvalue weighted by Gasteiger charge is -2.10. The van der Waals surface area contributed by atoms with Gasteiger partial charge in [-0.3, -0.25) is 0 Å². The van der Waals surface area contributed by atoms with E-state index in [0.29, 0.717) is 13.2 Å². The van der Waals surface area contributed by atoms with Gasteiger partial charge in [0.25, 0.3) is 0 Å². The maximum absolute atomic E-state index is 5.80. The molecule has 0 unspecified atom stereocenters. The molecule has 0 fully saturated rings. The normalized spacial score (nSPS) is 13.6. The number of aryl methyl sites for hydroxylation is 1. The van der Waals surface area contributed by atoms with Crippen molar-refractivity contribution in [3.8, 4) is 33.9 Å². The molecular weight excluding hydrogens is 290 g/mol. The molecule has 3 aromatic rings. The van der Waals surface area contributed by atoms with Crippen molar-refractivity contribution in [2.45, 2.75) is 13.3 Å². The fraction of sp³-hybridized carbons (Fsp3) is 0.211. The van der Waals surface area contributed by atoms with Crippen LogP contribution in [-0.4, -0.2) is 18.4 Å². The van der Waals surface area contributed by atoms with Gasteiger partial charge in [0, 0.05) is 12.0 Å². The number of aromatic nitrogens is 1. The van der Waals surface area contributed by atoms with Crippen molar-refractivity contribution in [1.29, 1.82) is 0 Å². The summed E-state index contributed by atoms with van der Waals surface area (Å²) in [6.45, 7) is 3.29. The van der Waals surface area contributed by atoms with Crippen LogP contribution < -0.4 is 9.47 Å². The third-order valence-electron chi connectivity index (χ3n) is 3.95. The van der Waals surface area contributed by atoms with E-state index in [1.165, 1.54) is 0 Å². The van der Waals surface area contributed by atoms with Crippen LogP contribution in [0.2, 0.25) is 0 Å². The Morgan fingerprint density at radius 1 is 0.870 bits per heavy atom. The number of hydrogen-bond acceptors (Lipinski definition) is 4. The number of nitrogens with zero attached hydrogens (tertiary/aromatic N) is 1. The summed E-state index contributed by atoms with van der Waals surface area (Å²) in [5.41, 5.74) is 3.89. The Morgan fingerprint density at radius 2 is 1.65 bits per heavy atom. The highest BCUT2D eigenvalue weighted by atomic mass is 16.5. The maximum atomic E-state index is 5.80. The zero-order valence-electron chi connectivity index (χ0n) is 12.9. The van der Waals surface area contributed by atoms with Gasteiger partial charge < -0.3 is 14.0 Å². The molecule has 0 saturated carbocycles. The van der Waals surface area contributed by atoms with Crippen molar-refractivity contribution in [3.05, 3.63) is 54.3 Å². The number of fused-ring (bicyclic) bond motifs is 1. The minimum absolute atomic E-state index is 0.671. The molecule has 1 aliphatic rings. The molecule has 4 rings (SSSR count). The molecule has 0 bridgehead atoms. The molecule has 0 spiro atoms. The summed E-state index contributed by atoms with van der Waals surface area (Å²) < 4.78 is 16.9. The highest BCUT2D eigenvalue weighted by Gasteiger charge is 2.19. The first-order valence-corrected chi connectivity index (χ1v) is 7.74. The van der Waals surface area contributed by atoms with E-state index < -0.39 is 0 Å². The van der Waals surface area contributed by atoms with Crippen molar-refractivity contribution in [1.82, 2.24) is 5.16 Å². The van der Waals surface area contributed by atoms with Crippen LogP contribution in [0.15, 0.2) is 53.1 Å². The van der Waals surface area contributed by atoms with Crippen molar-refractivity contribution in [2.24, 2.45) is 0 Å². The van der Waals surface area contributed by atoms with Gasteiger partial charge in [-0.15, -0.1) is 0 Å². The second kappa shape index (κ2) is 5.80. The van der Waals surface area contributed by atoms with Crippen LogP contribution in [0, 0.1) is 6.92 Å². The van der Waals surface area contributed by atoms with Gasteiger partial charge in [-0.1, -0.05) is 41.6 Å². The number of ether oxygens (including phenoxy) is 2. The molecule has 0 atom stereocenters. The molecule has 0 aliphatic carbocycles. The van der Waals surface area contributed by atoms with Gasteiger partial charge in [0.1, 0.15) is 11.5 Å². The summed E-state index contributed by atoms with van der Waals surface area (Å²) >= 11 is 0. The molecule has 0 amide bonds. The molecule has 23 heavy (non-hydrogen) atoms. The van der Waals surface area contributed by atoms with E-state index in [4.69, 9.17) is 14.0 Å². The molecule has 2 heterocycles. The van der Waals surface area contributed by atoms with Gasteiger partial charge in [0.15, 0.2) is 11.5 Å². The van der Waals surface area contributed by atoms with E-state index in [1.54, 1.807) is 0 Å². The molecule has 4 heteroatoms. The lowest BCUT2D eigenvalue weighted by atomic mass is 9.99. The minimum Gasteiger partial charge on any atom is -0.490 e. The van der Waals surface area contributed by atoms with Crippen LogP contribution in [0.3, 0.4) is 0 Å². The zero-order valence-corrected chi connectivity index (χ0v) is 12.9. The van der Waals surface area contributed by atoms with E-state index in [2.05, 4.69) is 5.16 Å². The molecule has 0 N–H and O–H groups in total. The first-order valence-electron chi connectivity index (χ1n) is 7.74. The van der Waals surface area contributed by atoms with Gasteiger partial charge in [-0.05, 0) is 24.6 Å². The van der Waals surface area contributed by atoms with Gasteiger partial charge >= 0.3 is 0 Å². The molecule has 0 radical (unpaired) electrons. The van der Waals surface area contributed by atoms with Gasteiger partial charge in [-0.25, -0.2) is 0 Å². The lowest BCUT2D eigenvalue weighted by Crippen LogP contribution is -1.97. The van der Waals surface area contributed by atoms with Crippen LogP contribution in [-0.2, 0) is 0 Å². The molecule has 0 saturated heterocycles. The topological polar surface area (TPSA) is 44.5 Å². The Balaban J connectivity index is 1.82. The summed E-state index contributed by atoms with van der Waals surface area (Å²) in [4.78, 5) is 0. The molecule has 1 aromatic heterocycles. The van der Waals surface area contributed by atoms with Crippen LogP contribution in [0.25, 0.3) is 22.4 Å². The van der Waals surface area contributed by atoms with Gasteiger partial charge in [0.2, 0.25) is 0 Å². The Hall–Kier alpha value is -2.75. The number of hydrogen-bond donors (Lipinski definition) is 0. The van der Waals surface area contributed by atoms with E-state index in [1.807, 2.05) is 55.5 Å². The van der Waals surface area contributed by atoms with E-state index in [0.717, 1.165) is 46.1 Å². The second-order valence-corrected chi connectivity index (χ2v) is 5.54. The first-order chi connectivity index (χ1) is 11.3. The smallest absolute Gasteiger partial charge is 0.161 e. The van der Waals surface area contributed by atoms with Gasteiger partial charge in [-0.2, -0.15) is 0 Å². The first kappa shape index (κ1) is 13.9. The van der Waals surface area contributed by atoms with Crippen molar-refractivity contribution < 1.29 is 14.0 Å². The Labute approximate surface area is 134 Å². The molecule has 116 valence electrons. The Morgan fingerprint density at radius 3 is 2.48 bits per heavy atom. The third-order valence-corrected chi connectivity index (χ3v) is 3.95. The fourth-order valence-corrected chi connectivity index (χ4v) is 2.82. The predicted molar refractivity (Wildman–Crippen MR) is 87.7 cm³/mol. The van der Waals surface area contributed by atoms with Crippen LogP contribution >= 0.6 is 0 Å². The van der Waals surface area contributed by atoms with Crippen molar-refractivity contribution >= 4 is 0 Å². The molecular formula is C19H17NO3. The number of benzene rings is 2. The standard InChI is InChI=1S/C19H17NO3/c1-13-18(19(20-23-13)14-6-3-2-4-7-14)15-8-9-16-17(12-15)22-11-5-10-21-16/h2-4,6-9,12H,5,10-11H2,1H3. The lowest BCUT2D eigenvalue weighted by molar-refractivity contribution is 0.297. The fourth-order valence-electron chi connectivity index (χ4n) is 2.82. The van der Waals surface area contributed by atoms with Crippen molar-refractivity contribution in [2.75, 3.05) is 13.2 Å². The van der Waals surface area contributed by atoms with Crippen LogP contribution in [0.1, 0.15) is 12.2 Å². The summed E-state index contributed by atoms with van der Waals surface area (Å²) in [6, 6.07) is 16.0. The highest BCUT2D eigenvalue weighted by Crippen LogP contribution is 2.39. The predicted octanol–water partition coefficient (Wildman–Crippen LogP) is 4.48. The van der Waals surface area contributed by atoms with Crippen molar-refractivity contribution in [3.63, 3.8) is 0 Å². The van der Waals surface area contributed by atoms with E-state index >= 15 is 0 Å². The summed E-state index contributed by atoms with van der Waals surface area (Å²) in [5.74, 6) is 2.36. The van der Waals surface area contributed by atoms with E-state index in [-0.39, 0.29) is 0 Å². The van der Waals surface area contributed by atoms with E-state index in [9.17, 15) is 0 Å². The zero-order chi connectivity index (χ0) is 15.6. The highest BCUT2D eigenvalue weighted by molar-refractivity contribution is 5.82. The van der Waals surface area contributed by atoms with Crippen LogP contribution in [0.5, 0.6) is 11.5 Å².